The van der Waals surface area contributed by atoms with Gasteiger partial charge in [0.25, 0.3) is 0 Å². The van der Waals surface area contributed by atoms with Crippen molar-refractivity contribution >= 4 is 50.7 Å². The van der Waals surface area contributed by atoms with E-state index >= 15 is 0 Å². The molecule has 0 saturated heterocycles. The van der Waals surface area contributed by atoms with Gasteiger partial charge >= 0.3 is 0 Å². The van der Waals surface area contributed by atoms with Crippen LogP contribution in [-0.2, 0) is 0 Å². The first-order chi connectivity index (χ1) is 8.90. The molecule has 100 valence electrons. The topological polar surface area (TPSA) is 0 Å². The lowest BCUT2D eigenvalue weighted by molar-refractivity contribution is 0.596. The normalized spacial score (nSPS) is 12.5. The quantitative estimate of drug-likeness (QED) is 0.416. The highest BCUT2D eigenvalue weighted by molar-refractivity contribution is 9.10. The van der Waals surface area contributed by atoms with Crippen molar-refractivity contribution in [3.05, 3.63) is 67.6 Å². The molecule has 1 unspecified atom stereocenters. The number of benzene rings is 2. The maximum absolute atomic E-state index is 13.9. The zero-order valence-corrected chi connectivity index (χ0v) is 13.1. The summed E-state index contributed by atoms with van der Waals surface area (Å²) in [6, 6.07) is 6.61. The molecular weight excluding hydrogens is 380 g/mol. The maximum atomic E-state index is 13.9. The summed E-state index contributed by atoms with van der Waals surface area (Å²) in [4.78, 5) is 0. The Morgan fingerprint density at radius 3 is 2.21 bits per heavy atom. The van der Waals surface area contributed by atoms with Gasteiger partial charge in [-0.15, -0.1) is 11.6 Å². The van der Waals surface area contributed by atoms with Crippen molar-refractivity contribution in [1.29, 1.82) is 0 Å². The van der Waals surface area contributed by atoms with Crippen LogP contribution in [0.1, 0.15) is 16.5 Å². The third-order valence-electron chi connectivity index (χ3n) is 2.55. The Morgan fingerprint density at radius 2 is 1.58 bits per heavy atom. The van der Waals surface area contributed by atoms with Gasteiger partial charge in [-0.05, 0) is 40.2 Å². The highest BCUT2D eigenvalue weighted by atomic mass is 79.9. The standard InChI is InChI=1S/C13H6BrCl3F2/c14-9-5-12(19)8(4-10(9)16)13(17)7-2-1-6(15)3-11(7)18/h1-5,13H. The van der Waals surface area contributed by atoms with Crippen LogP contribution in [0.2, 0.25) is 10.0 Å². The van der Waals surface area contributed by atoms with Crippen LogP contribution in [0.5, 0.6) is 0 Å². The smallest absolute Gasteiger partial charge is 0.129 e. The fourth-order valence-electron chi connectivity index (χ4n) is 1.61. The molecule has 2 rings (SSSR count). The molecule has 0 aromatic heterocycles. The minimum Gasteiger partial charge on any atom is -0.207 e. The van der Waals surface area contributed by atoms with Gasteiger partial charge in [-0.2, -0.15) is 0 Å². The largest absolute Gasteiger partial charge is 0.207 e. The number of alkyl halides is 1. The number of hydrogen-bond donors (Lipinski definition) is 0. The van der Waals surface area contributed by atoms with Gasteiger partial charge in [0.2, 0.25) is 0 Å². The van der Waals surface area contributed by atoms with Gasteiger partial charge in [0, 0.05) is 20.6 Å². The molecule has 2 aromatic carbocycles. The van der Waals surface area contributed by atoms with E-state index in [-0.39, 0.29) is 16.1 Å². The third-order valence-corrected chi connectivity index (χ3v) is 4.45. The van der Waals surface area contributed by atoms with Crippen LogP contribution in [0, 0.1) is 11.6 Å². The Balaban J connectivity index is 2.49. The van der Waals surface area contributed by atoms with Gasteiger partial charge in [0.15, 0.2) is 0 Å². The van der Waals surface area contributed by atoms with E-state index in [9.17, 15) is 8.78 Å². The summed E-state index contributed by atoms with van der Waals surface area (Å²) in [5.74, 6) is -1.16. The van der Waals surface area contributed by atoms with Crippen molar-refractivity contribution in [2.45, 2.75) is 5.38 Å². The van der Waals surface area contributed by atoms with E-state index in [1.54, 1.807) is 0 Å². The summed E-state index contributed by atoms with van der Waals surface area (Å²) in [7, 11) is 0. The fraction of sp³-hybridized carbons (Fsp3) is 0.0769. The van der Waals surface area contributed by atoms with E-state index < -0.39 is 17.0 Å². The summed E-state index contributed by atoms with van der Waals surface area (Å²) in [5, 5.41) is -0.432. The molecular formula is C13H6BrCl3F2. The lowest BCUT2D eigenvalue weighted by atomic mass is 10.0. The lowest BCUT2D eigenvalue weighted by Crippen LogP contribution is -2.00. The first kappa shape index (κ1) is 15.0. The van der Waals surface area contributed by atoms with E-state index in [1.165, 1.54) is 24.3 Å². The number of hydrogen-bond acceptors (Lipinski definition) is 0. The SMILES string of the molecule is Fc1cc(Cl)ccc1C(Cl)c1cc(Cl)c(Br)cc1F. The van der Waals surface area contributed by atoms with Crippen LogP contribution in [-0.4, -0.2) is 0 Å². The summed E-state index contributed by atoms with van der Waals surface area (Å²) < 4.78 is 28.0. The molecule has 0 aliphatic heterocycles. The lowest BCUT2D eigenvalue weighted by Gasteiger charge is -2.13. The van der Waals surface area contributed by atoms with Gasteiger partial charge in [-0.1, -0.05) is 29.3 Å². The Labute approximate surface area is 132 Å². The average molecular weight is 386 g/mol. The first-order valence-corrected chi connectivity index (χ1v) is 7.12. The van der Waals surface area contributed by atoms with Crippen molar-refractivity contribution < 1.29 is 8.78 Å². The predicted molar refractivity (Wildman–Crippen MR) is 78.2 cm³/mol. The monoisotopic (exact) mass is 384 g/mol. The molecule has 0 nitrogen and oxygen atoms in total. The third kappa shape index (κ3) is 3.22. The molecule has 0 spiro atoms. The Hall–Kier alpha value is -0.350. The molecule has 0 fully saturated rings. The van der Waals surface area contributed by atoms with Crippen LogP contribution in [0.25, 0.3) is 0 Å². The van der Waals surface area contributed by atoms with Crippen LogP contribution < -0.4 is 0 Å². The van der Waals surface area contributed by atoms with Crippen molar-refractivity contribution in [2.24, 2.45) is 0 Å². The molecule has 0 N–H and O–H groups in total. The highest BCUT2D eigenvalue weighted by Gasteiger charge is 2.20. The second-order valence-electron chi connectivity index (χ2n) is 3.82. The van der Waals surface area contributed by atoms with Gasteiger partial charge < -0.3 is 0 Å². The summed E-state index contributed by atoms with van der Waals surface area (Å²) >= 11 is 20.8. The minimum absolute atomic E-state index is 0.107. The molecule has 0 amide bonds. The van der Waals surface area contributed by atoms with Crippen molar-refractivity contribution in [3.63, 3.8) is 0 Å². The van der Waals surface area contributed by atoms with Gasteiger partial charge in [0.05, 0.1) is 10.4 Å². The summed E-state index contributed by atoms with van der Waals surface area (Å²) in [6.45, 7) is 0. The molecule has 1 atom stereocenters. The zero-order valence-electron chi connectivity index (χ0n) is 9.23. The van der Waals surface area contributed by atoms with Crippen LogP contribution in [0.3, 0.4) is 0 Å². The molecule has 2 aromatic rings. The van der Waals surface area contributed by atoms with Crippen molar-refractivity contribution in [2.75, 3.05) is 0 Å². The van der Waals surface area contributed by atoms with Crippen molar-refractivity contribution in [3.8, 4) is 0 Å². The second kappa shape index (κ2) is 5.96. The summed E-state index contributed by atoms with van der Waals surface area (Å²) in [5.41, 5.74) is 0.249. The Morgan fingerprint density at radius 1 is 0.947 bits per heavy atom. The van der Waals surface area contributed by atoms with Crippen LogP contribution >= 0.6 is 50.7 Å². The van der Waals surface area contributed by atoms with Crippen LogP contribution in [0.15, 0.2) is 34.8 Å². The van der Waals surface area contributed by atoms with E-state index in [1.807, 2.05) is 0 Å². The second-order valence-corrected chi connectivity index (χ2v) is 5.95. The molecule has 0 aliphatic carbocycles. The van der Waals surface area contributed by atoms with E-state index in [0.29, 0.717) is 9.50 Å². The molecule has 0 saturated carbocycles. The van der Waals surface area contributed by atoms with E-state index in [0.717, 1.165) is 6.07 Å². The molecule has 0 bridgehead atoms. The van der Waals surface area contributed by atoms with Gasteiger partial charge in [-0.3, -0.25) is 0 Å². The minimum atomic E-state index is -0.983. The fourth-order valence-corrected chi connectivity index (χ4v) is 2.60. The van der Waals surface area contributed by atoms with E-state index in [4.69, 9.17) is 34.8 Å². The van der Waals surface area contributed by atoms with Crippen LogP contribution in [0.4, 0.5) is 8.78 Å². The molecule has 0 radical (unpaired) electrons. The number of rotatable bonds is 2. The molecule has 6 heteroatoms. The predicted octanol–water partition coefficient (Wildman–Crippen LogP) is 6.36. The molecule has 0 aliphatic rings. The zero-order chi connectivity index (χ0) is 14.2. The maximum Gasteiger partial charge on any atom is 0.129 e. The molecule has 0 heterocycles. The first-order valence-electron chi connectivity index (χ1n) is 5.13. The average Bonchev–Trinajstić information content (AvgIpc) is 2.33. The molecule has 19 heavy (non-hydrogen) atoms. The van der Waals surface area contributed by atoms with Gasteiger partial charge in [-0.25, -0.2) is 8.78 Å². The number of halogens is 6. The highest BCUT2D eigenvalue weighted by Crippen LogP contribution is 2.36. The summed E-state index contributed by atoms with van der Waals surface area (Å²) in [6.07, 6.45) is 0. The van der Waals surface area contributed by atoms with Crippen molar-refractivity contribution in [1.82, 2.24) is 0 Å². The Kier molecular flexibility index (Phi) is 4.72. The van der Waals surface area contributed by atoms with E-state index in [2.05, 4.69) is 15.9 Å². The Bertz CT molecular complexity index is 632. The van der Waals surface area contributed by atoms with Gasteiger partial charge in [0.1, 0.15) is 11.6 Å².